The molecule has 51 valence electrons. The molecule has 0 bridgehead atoms. The first-order chi connectivity index (χ1) is 4.74. The fourth-order valence-electron chi connectivity index (χ4n) is 0.717. The standard InChI is InChI=1S/C7H6NO2/c1-2-3-5-4-6(9)8-7(5)10/h2,4H,1,3H2. The summed E-state index contributed by atoms with van der Waals surface area (Å²) in [6.07, 6.45) is 3.23. The molecular weight excluding hydrogens is 130 g/mol. The number of allylic oxidation sites excluding steroid dienone is 1. The zero-order chi connectivity index (χ0) is 7.56. The molecule has 2 amide bonds. The molecule has 10 heavy (non-hydrogen) atoms. The summed E-state index contributed by atoms with van der Waals surface area (Å²) in [5, 5.41) is 3.17. The van der Waals surface area contributed by atoms with E-state index in [1.807, 2.05) is 0 Å². The molecule has 0 aliphatic carbocycles. The normalized spacial score (nSPS) is 16.6. The topological polar surface area (TPSA) is 48.2 Å². The smallest absolute Gasteiger partial charge is 0.267 e. The molecule has 0 saturated heterocycles. The van der Waals surface area contributed by atoms with Gasteiger partial charge in [-0.1, -0.05) is 6.08 Å². The Kier molecular flexibility index (Phi) is 1.67. The van der Waals surface area contributed by atoms with Gasteiger partial charge in [0.1, 0.15) is 0 Å². The molecule has 0 aromatic heterocycles. The van der Waals surface area contributed by atoms with E-state index in [0.29, 0.717) is 12.0 Å². The Bertz CT molecular complexity index is 228. The minimum Gasteiger partial charge on any atom is -0.267 e. The van der Waals surface area contributed by atoms with Crippen LogP contribution in [0.15, 0.2) is 24.3 Å². The van der Waals surface area contributed by atoms with Crippen LogP contribution in [0.4, 0.5) is 0 Å². The lowest BCUT2D eigenvalue weighted by Gasteiger charge is -1.88. The van der Waals surface area contributed by atoms with Crippen molar-refractivity contribution in [1.82, 2.24) is 5.32 Å². The molecule has 0 unspecified atom stereocenters. The van der Waals surface area contributed by atoms with Crippen LogP contribution in [0.5, 0.6) is 0 Å². The van der Waals surface area contributed by atoms with Crippen LogP contribution in [0.2, 0.25) is 0 Å². The van der Waals surface area contributed by atoms with Gasteiger partial charge in [0.25, 0.3) is 11.8 Å². The summed E-state index contributed by atoms with van der Waals surface area (Å²) < 4.78 is 0. The fraction of sp³-hybridized carbons (Fsp3) is 0.143. The van der Waals surface area contributed by atoms with Crippen LogP contribution < -0.4 is 5.32 Å². The van der Waals surface area contributed by atoms with Crippen molar-refractivity contribution < 1.29 is 9.59 Å². The molecule has 1 aliphatic rings. The van der Waals surface area contributed by atoms with Gasteiger partial charge in [0, 0.05) is 11.6 Å². The van der Waals surface area contributed by atoms with E-state index in [4.69, 9.17) is 0 Å². The third-order valence-electron chi connectivity index (χ3n) is 1.15. The van der Waals surface area contributed by atoms with E-state index in [1.165, 1.54) is 6.08 Å². The second-order valence-electron chi connectivity index (χ2n) is 1.92. The second-order valence-corrected chi connectivity index (χ2v) is 1.92. The lowest BCUT2D eigenvalue weighted by Crippen LogP contribution is -2.13. The minimum atomic E-state index is -0.457. The first-order valence-corrected chi connectivity index (χ1v) is 2.85. The number of carbonyl (C=O) groups excluding carboxylic acids is 2. The summed E-state index contributed by atoms with van der Waals surface area (Å²) in [5.74, 6) is -0.883. The van der Waals surface area contributed by atoms with Gasteiger partial charge in [-0.05, 0) is 6.42 Å². The maximum absolute atomic E-state index is 10.7. The maximum Gasteiger partial charge on any atom is 0.276 e. The van der Waals surface area contributed by atoms with Crippen LogP contribution in [0, 0.1) is 0 Å². The maximum atomic E-state index is 10.7. The van der Waals surface area contributed by atoms with Crippen LogP contribution in [0.1, 0.15) is 6.42 Å². The SMILES string of the molecule is C=CCC1=CC(=O)[N]C1=O. The molecule has 0 atom stereocenters. The third-order valence-corrected chi connectivity index (χ3v) is 1.15. The van der Waals surface area contributed by atoms with Crippen LogP contribution in [-0.2, 0) is 9.59 Å². The predicted octanol–water partition coefficient (Wildman–Crippen LogP) is 0.160. The highest BCUT2D eigenvalue weighted by Gasteiger charge is 2.20. The largest absolute Gasteiger partial charge is 0.276 e. The van der Waals surface area contributed by atoms with Crippen LogP contribution >= 0.6 is 0 Å². The average molecular weight is 136 g/mol. The third kappa shape index (κ3) is 1.13. The van der Waals surface area contributed by atoms with Crippen molar-refractivity contribution in [3.05, 3.63) is 24.3 Å². The van der Waals surface area contributed by atoms with Crippen molar-refractivity contribution in [2.45, 2.75) is 6.42 Å². The van der Waals surface area contributed by atoms with Crippen molar-refractivity contribution in [2.75, 3.05) is 0 Å². The van der Waals surface area contributed by atoms with E-state index in [0.717, 1.165) is 0 Å². The van der Waals surface area contributed by atoms with Gasteiger partial charge in [-0.25, -0.2) is 0 Å². The molecule has 3 nitrogen and oxygen atoms in total. The first kappa shape index (κ1) is 6.74. The van der Waals surface area contributed by atoms with Gasteiger partial charge in [-0.2, -0.15) is 5.32 Å². The molecule has 1 heterocycles. The van der Waals surface area contributed by atoms with E-state index in [9.17, 15) is 9.59 Å². The Hall–Kier alpha value is -1.38. The van der Waals surface area contributed by atoms with Gasteiger partial charge in [-0.15, -0.1) is 6.58 Å². The number of carbonyl (C=O) groups is 2. The molecule has 0 aromatic rings. The zero-order valence-electron chi connectivity index (χ0n) is 5.33. The molecular formula is C7H6NO2. The lowest BCUT2D eigenvalue weighted by atomic mass is 10.2. The van der Waals surface area contributed by atoms with Gasteiger partial charge >= 0.3 is 0 Å². The van der Waals surface area contributed by atoms with E-state index in [2.05, 4.69) is 11.9 Å². The zero-order valence-corrected chi connectivity index (χ0v) is 5.33. The van der Waals surface area contributed by atoms with E-state index in [-0.39, 0.29) is 0 Å². The molecule has 0 spiro atoms. The number of hydrogen-bond donors (Lipinski definition) is 0. The van der Waals surface area contributed by atoms with Gasteiger partial charge < -0.3 is 0 Å². The minimum absolute atomic E-state index is 0.425. The number of nitrogens with zero attached hydrogens (tertiary/aromatic N) is 1. The Morgan fingerprint density at radius 2 is 2.30 bits per heavy atom. The van der Waals surface area contributed by atoms with Gasteiger partial charge in [0.15, 0.2) is 0 Å². The van der Waals surface area contributed by atoms with Gasteiger partial charge in [-0.3, -0.25) is 9.59 Å². The molecule has 0 saturated carbocycles. The molecule has 3 heteroatoms. The van der Waals surface area contributed by atoms with Crippen molar-refractivity contribution >= 4 is 11.8 Å². The molecule has 1 aliphatic heterocycles. The van der Waals surface area contributed by atoms with Gasteiger partial charge in [0.2, 0.25) is 0 Å². The second kappa shape index (κ2) is 2.47. The van der Waals surface area contributed by atoms with Crippen molar-refractivity contribution in [1.29, 1.82) is 0 Å². The molecule has 1 radical (unpaired) electrons. The number of amides is 2. The summed E-state index contributed by atoms with van der Waals surface area (Å²) in [6.45, 7) is 3.44. The summed E-state index contributed by atoms with van der Waals surface area (Å²) >= 11 is 0. The van der Waals surface area contributed by atoms with Crippen LogP contribution in [-0.4, -0.2) is 11.8 Å². The molecule has 0 fully saturated rings. The van der Waals surface area contributed by atoms with Crippen molar-refractivity contribution in [3.8, 4) is 0 Å². The lowest BCUT2D eigenvalue weighted by molar-refractivity contribution is -0.124. The van der Waals surface area contributed by atoms with Crippen LogP contribution in [0.25, 0.3) is 0 Å². The highest BCUT2D eigenvalue weighted by atomic mass is 16.2. The molecule has 1 rings (SSSR count). The Labute approximate surface area is 58.4 Å². The molecule has 0 N–H and O–H groups in total. The number of hydrogen-bond acceptors (Lipinski definition) is 2. The van der Waals surface area contributed by atoms with E-state index >= 15 is 0 Å². The van der Waals surface area contributed by atoms with E-state index in [1.54, 1.807) is 6.08 Å². The Morgan fingerprint density at radius 1 is 1.60 bits per heavy atom. The Morgan fingerprint density at radius 3 is 2.70 bits per heavy atom. The average Bonchev–Trinajstić information content (AvgIpc) is 2.13. The van der Waals surface area contributed by atoms with Crippen LogP contribution in [0.3, 0.4) is 0 Å². The Balaban J connectivity index is 2.74. The highest BCUT2D eigenvalue weighted by Crippen LogP contribution is 2.07. The molecule has 0 aromatic carbocycles. The monoisotopic (exact) mass is 136 g/mol. The highest BCUT2D eigenvalue weighted by molar-refractivity contribution is 6.15. The first-order valence-electron chi connectivity index (χ1n) is 2.85. The fourth-order valence-corrected chi connectivity index (χ4v) is 0.717. The van der Waals surface area contributed by atoms with Crippen molar-refractivity contribution in [3.63, 3.8) is 0 Å². The number of rotatable bonds is 2. The summed E-state index contributed by atoms with van der Waals surface area (Å²) in [4.78, 5) is 21.1. The van der Waals surface area contributed by atoms with Crippen molar-refractivity contribution in [2.24, 2.45) is 0 Å². The number of imide groups is 1. The summed E-state index contributed by atoms with van der Waals surface area (Å²) in [5.41, 5.74) is 0.431. The summed E-state index contributed by atoms with van der Waals surface area (Å²) in [7, 11) is 0. The quantitative estimate of drug-likeness (QED) is 0.401. The predicted molar refractivity (Wildman–Crippen MR) is 35.0 cm³/mol. The van der Waals surface area contributed by atoms with Gasteiger partial charge in [0.05, 0.1) is 0 Å². The summed E-state index contributed by atoms with van der Waals surface area (Å²) in [6, 6.07) is 0. The van der Waals surface area contributed by atoms with E-state index < -0.39 is 11.8 Å².